The molecule has 2 atom stereocenters. The second kappa shape index (κ2) is 12.5. The minimum atomic E-state index is -3.54. The van der Waals surface area contributed by atoms with Gasteiger partial charge in [0, 0.05) is 26.9 Å². The van der Waals surface area contributed by atoms with Gasteiger partial charge in [0.25, 0.3) is 0 Å². The summed E-state index contributed by atoms with van der Waals surface area (Å²) < 4.78 is 40.6. The number of benzene rings is 3. The fourth-order valence-electron chi connectivity index (χ4n) is 3.44. The molecule has 3 aromatic rings. The number of carbonyl (C=O) groups excluding carboxylic acids is 1. The van der Waals surface area contributed by atoms with Crippen molar-refractivity contribution in [1.82, 2.24) is 0 Å². The number of esters is 1. The Morgan fingerprint density at radius 2 is 1.41 bits per heavy atom. The molecule has 0 aliphatic rings. The second-order valence-electron chi connectivity index (χ2n) is 7.42. The van der Waals surface area contributed by atoms with Crippen LogP contribution >= 0.6 is 7.60 Å². The fourth-order valence-corrected chi connectivity index (χ4v) is 4.56. The summed E-state index contributed by atoms with van der Waals surface area (Å²) in [5.74, 6) is -0.132. The predicted octanol–water partition coefficient (Wildman–Crippen LogP) is 5.72. The van der Waals surface area contributed by atoms with Crippen LogP contribution in [-0.2, 0) is 34.5 Å². The van der Waals surface area contributed by atoms with E-state index in [-0.39, 0.29) is 6.16 Å². The van der Waals surface area contributed by atoms with Crippen molar-refractivity contribution in [3.63, 3.8) is 0 Å². The van der Waals surface area contributed by atoms with Gasteiger partial charge in [0.15, 0.2) is 6.10 Å². The first-order valence-electron chi connectivity index (χ1n) is 10.7. The minimum Gasteiger partial charge on any atom is -0.488 e. The van der Waals surface area contributed by atoms with Crippen molar-refractivity contribution in [2.75, 3.05) is 27.5 Å². The molecule has 180 valence electrons. The Balaban J connectivity index is 1.90. The highest BCUT2D eigenvalue weighted by Gasteiger charge is 2.34. The average Bonchev–Trinajstić information content (AvgIpc) is 2.89. The number of methoxy groups -OCH3 is 1. The lowest BCUT2D eigenvalue weighted by molar-refractivity contribution is -0.161. The van der Waals surface area contributed by atoms with E-state index in [4.69, 9.17) is 23.3 Å². The molecule has 0 heterocycles. The molecule has 0 fully saturated rings. The summed E-state index contributed by atoms with van der Waals surface area (Å²) in [6, 6.07) is 25.8. The molecule has 34 heavy (non-hydrogen) atoms. The van der Waals surface area contributed by atoms with Crippen molar-refractivity contribution in [3.8, 4) is 5.75 Å². The summed E-state index contributed by atoms with van der Waals surface area (Å²) in [6.45, 7) is 0.315. The summed E-state index contributed by atoms with van der Waals surface area (Å²) in [4.78, 5) is 13.2. The third-order valence-corrected chi connectivity index (χ3v) is 7.15. The first-order valence-corrected chi connectivity index (χ1v) is 12.5. The third kappa shape index (κ3) is 6.78. The molecular formula is C26H29O7P. The van der Waals surface area contributed by atoms with Crippen molar-refractivity contribution in [3.05, 3.63) is 102 Å². The normalized spacial score (nSPS) is 13.1. The van der Waals surface area contributed by atoms with Crippen LogP contribution in [0, 0.1) is 0 Å². The number of rotatable bonds is 12. The largest absolute Gasteiger partial charge is 0.488 e. The fraction of sp³-hybridized carbons (Fsp3) is 0.269. The maximum atomic E-state index is 13.2. The first kappa shape index (κ1) is 25.7. The van der Waals surface area contributed by atoms with E-state index in [0.29, 0.717) is 23.5 Å². The Hall–Kier alpha value is -2.96. The van der Waals surface area contributed by atoms with Gasteiger partial charge >= 0.3 is 13.6 Å². The van der Waals surface area contributed by atoms with Gasteiger partial charge in [-0.05, 0) is 17.2 Å². The number of ether oxygens (including phenoxy) is 3. The quantitative estimate of drug-likeness (QED) is 0.240. The Morgan fingerprint density at radius 1 is 0.824 bits per heavy atom. The second-order valence-corrected chi connectivity index (χ2v) is 9.74. The molecule has 0 aliphatic heterocycles. The molecular weight excluding hydrogens is 455 g/mol. The van der Waals surface area contributed by atoms with Crippen LogP contribution in [0.3, 0.4) is 0 Å². The molecule has 0 aromatic heterocycles. The van der Waals surface area contributed by atoms with Crippen LogP contribution in [0.1, 0.15) is 28.9 Å². The van der Waals surface area contributed by atoms with Gasteiger partial charge in [-0.3, -0.25) is 4.57 Å². The number of hydrogen-bond acceptors (Lipinski definition) is 7. The van der Waals surface area contributed by atoms with Gasteiger partial charge in [-0.15, -0.1) is 0 Å². The van der Waals surface area contributed by atoms with E-state index in [9.17, 15) is 9.36 Å². The lowest BCUT2D eigenvalue weighted by Crippen LogP contribution is -2.23. The third-order valence-electron chi connectivity index (χ3n) is 5.26. The highest BCUT2D eigenvalue weighted by Crippen LogP contribution is 2.51. The Bertz CT molecular complexity index is 1080. The van der Waals surface area contributed by atoms with Gasteiger partial charge in [-0.25, -0.2) is 4.79 Å². The van der Waals surface area contributed by atoms with Gasteiger partial charge < -0.3 is 23.3 Å². The number of carbonyl (C=O) groups is 1. The van der Waals surface area contributed by atoms with Crippen LogP contribution in [-0.4, -0.2) is 33.5 Å². The van der Waals surface area contributed by atoms with E-state index in [1.54, 1.807) is 30.3 Å². The van der Waals surface area contributed by atoms with Gasteiger partial charge in [0.1, 0.15) is 18.5 Å². The van der Waals surface area contributed by atoms with E-state index in [1.165, 1.54) is 21.3 Å². The van der Waals surface area contributed by atoms with Crippen LogP contribution < -0.4 is 4.74 Å². The Morgan fingerprint density at radius 3 is 2.03 bits per heavy atom. The minimum absolute atomic E-state index is 0.192. The van der Waals surface area contributed by atoms with Crippen molar-refractivity contribution in [2.45, 2.75) is 18.8 Å². The highest BCUT2D eigenvalue weighted by molar-refractivity contribution is 7.53. The summed E-state index contributed by atoms with van der Waals surface area (Å²) >= 11 is 0. The van der Waals surface area contributed by atoms with Crippen LogP contribution in [0.2, 0.25) is 0 Å². The van der Waals surface area contributed by atoms with Crippen molar-refractivity contribution >= 4 is 13.6 Å². The molecule has 0 bridgehead atoms. The molecule has 0 amide bonds. The number of para-hydroxylation sites is 1. The molecule has 8 heteroatoms. The average molecular weight is 484 g/mol. The van der Waals surface area contributed by atoms with E-state index in [1.807, 2.05) is 54.6 Å². The van der Waals surface area contributed by atoms with E-state index >= 15 is 0 Å². The zero-order valence-electron chi connectivity index (χ0n) is 19.5. The van der Waals surface area contributed by atoms with E-state index < -0.39 is 25.8 Å². The smallest absolute Gasteiger partial charge is 0.340 e. The maximum absolute atomic E-state index is 13.2. The van der Waals surface area contributed by atoms with Crippen molar-refractivity contribution in [1.29, 1.82) is 0 Å². The van der Waals surface area contributed by atoms with Crippen LogP contribution in [0.15, 0.2) is 84.9 Å². The van der Waals surface area contributed by atoms with Crippen LogP contribution in [0.25, 0.3) is 0 Å². The molecule has 0 saturated carbocycles. The Kier molecular flexibility index (Phi) is 9.42. The molecule has 3 rings (SSSR count). The highest BCUT2D eigenvalue weighted by atomic mass is 31.2. The molecule has 7 nitrogen and oxygen atoms in total. The summed E-state index contributed by atoms with van der Waals surface area (Å²) in [7, 11) is 0.480. The molecule has 0 spiro atoms. The first-order chi connectivity index (χ1) is 16.5. The monoisotopic (exact) mass is 484 g/mol. The molecule has 0 N–H and O–H groups in total. The molecule has 0 aliphatic carbocycles. The lowest BCUT2D eigenvalue weighted by atomic mass is 10.1. The van der Waals surface area contributed by atoms with Gasteiger partial charge in [0.2, 0.25) is 0 Å². The molecule has 3 aromatic carbocycles. The predicted molar refractivity (Wildman–Crippen MR) is 129 cm³/mol. The SMILES string of the molecule is CO[C@H](C(=O)O[C@@H](CP(=O)(OC)OC)c1ccccc1OCc1ccccc1)c1ccccc1. The van der Waals surface area contributed by atoms with Crippen LogP contribution in [0.4, 0.5) is 0 Å². The molecule has 0 saturated heterocycles. The summed E-state index contributed by atoms with van der Waals surface area (Å²) in [5, 5.41) is 0. The summed E-state index contributed by atoms with van der Waals surface area (Å²) in [6.07, 6.45) is -2.11. The van der Waals surface area contributed by atoms with E-state index in [0.717, 1.165) is 5.56 Å². The van der Waals surface area contributed by atoms with E-state index in [2.05, 4.69) is 0 Å². The maximum Gasteiger partial charge on any atom is 0.340 e. The van der Waals surface area contributed by atoms with Crippen molar-refractivity contribution < 1.29 is 32.6 Å². The Labute approximate surface area is 200 Å². The van der Waals surface area contributed by atoms with Gasteiger partial charge in [-0.2, -0.15) is 0 Å². The topological polar surface area (TPSA) is 80.3 Å². The van der Waals surface area contributed by atoms with Gasteiger partial charge in [0.05, 0.1) is 6.16 Å². The zero-order valence-corrected chi connectivity index (χ0v) is 20.4. The molecule has 0 unspecified atom stereocenters. The van der Waals surface area contributed by atoms with Crippen LogP contribution in [0.5, 0.6) is 5.75 Å². The zero-order chi connectivity index (χ0) is 24.4. The standard InChI is InChI=1S/C26H29O7P/c1-29-25(21-14-8-5-9-15-21)26(27)33-24(19-34(28,30-2)31-3)22-16-10-11-17-23(22)32-18-20-12-6-4-7-13-20/h4-17,24-25H,18-19H2,1-3H3/t24-,25-/m0/s1. The summed E-state index contributed by atoms with van der Waals surface area (Å²) in [5.41, 5.74) is 2.17. The molecule has 0 radical (unpaired) electrons. The van der Waals surface area contributed by atoms with Gasteiger partial charge in [-0.1, -0.05) is 78.9 Å². The van der Waals surface area contributed by atoms with Crippen molar-refractivity contribution in [2.24, 2.45) is 0 Å². The lowest BCUT2D eigenvalue weighted by Gasteiger charge is -2.25. The number of hydrogen-bond donors (Lipinski definition) is 0.